The normalized spacial score (nSPS) is 10.5. The lowest BCUT2D eigenvalue weighted by atomic mass is 10.2. The Labute approximate surface area is 101 Å². The summed E-state index contributed by atoms with van der Waals surface area (Å²) in [6.07, 6.45) is 1.66. The third-order valence-electron chi connectivity index (χ3n) is 2.68. The van der Waals surface area contributed by atoms with Gasteiger partial charge in [-0.05, 0) is 18.2 Å². The van der Waals surface area contributed by atoms with Crippen LogP contribution in [0.1, 0.15) is 20.7 Å². The molecule has 0 spiro atoms. The van der Waals surface area contributed by atoms with Crippen molar-refractivity contribution in [3.05, 3.63) is 45.7 Å². The minimum absolute atomic E-state index is 0.483. The molecule has 0 fully saturated rings. The largest absolute Gasteiger partial charge is 0.478 e. The first kappa shape index (κ1) is 11.8. The number of aromatic carboxylic acids is 2. The second-order valence-corrected chi connectivity index (χ2v) is 3.82. The zero-order valence-electron chi connectivity index (χ0n) is 9.38. The van der Waals surface area contributed by atoms with Crippen molar-refractivity contribution >= 4 is 22.8 Å². The van der Waals surface area contributed by atoms with Gasteiger partial charge in [-0.25, -0.2) is 9.59 Å². The van der Waals surface area contributed by atoms with Gasteiger partial charge in [0.1, 0.15) is 11.1 Å². The highest BCUT2D eigenvalue weighted by Crippen LogP contribution is 2.15. The van der Waals surface area contributed by atoms with Crippen molar-refractivity contribution in [2.75, 3.05) is 0 Å². The second-order valence-electron chi connectivity index (χ2n) is 3.82. The van der Waals surface area contributed by atoms with Crippen LogP contribution in [0.3, 0.4) is 0 Å². The second kappa shape index (κ2) is 3.99. The molecule has 18 heavy (non-hydrogen) atoms. The number of aromatic nitrogens is 1. The average molecular weight is 247 g/mol. The van der Waals surface area contributed by atoms with E-state index in [9.17, 15) is 14.4 Å². The first-order valence-corrected chi connectivity index (χ1v) is 5.02. The lowest BCUT2D eigenvalue weighted by Crippen LogP contribution is -2.19. The van der Waals surface area contributed by atoms with Gasteiger partial charge in [-0.15, -0.1) is 0 Å². The Bertz CT molecular complexity index is 729. The van der Waals surface area contributed by atoms with Gasteiger partial charge in [-0.3, -0.25) is 4.79 Å². The summed E-state index contributed by atoms with van der Waals surface area (Å²) in [7, 11) is 1.68. The molecule has 6 nitrogen and oxygen atoms in total. The Morgan fingerprint density at radius 2 is 1.67 bits per heavy atom. The monoisotopic (exact) mass is 247 g/mol. The van der Waals surface area contributed by atoms with E-state index in [0.717, 1.165) is 0 Å². The molecule has 0 amide bonds. The van der Waals surface area contributed by atoms with Crippen LogP contribution in [-0.4, -0.2) is 26.7 Å². The van der Waals surface area contributed by atoms with Gasteiger partial charge < -0.3 is 14.8 Å². The zero-order chi connectivity index (χ0) is 13.4. The van der Waals surface area contributed by atoms with Crippen LogP contribution in [0.5, 0.6) is 0 Å². The van der Waals surface area contributed by atoms with Crippen LogP contribution in [0.4, 0.5) is 0 Å². The number of nitrogens with zero attached hydrogens (tertiary/aromatic N) is 1. The maximum atomic E-state index is 11.8. The third kappa shape index (κ3) is 1.73. The highest BCUT2D eigenvalue weighted by Gasteiger charge is 2.17. The summed E-state index contributed by atoms with van der Waals surface area (Å²) in [5.74, 6) is -2.88. The summed E-state index contributed by atoms with van der Waals surface area (Å²) in [5, 5.41) is 18.4. The molecule has 0 aliphatic heterocycles. The quantitative estimate of drug-likeness (QED) is 0.823. The van der Waals surface area contributed by atoms with Crippen LogP contribution in [0, 0.1) is 0 Å². The average Bonchev–Trinajstić information content (AvgIpc) is 2.53. The van der Waals surface area contributed by atoms with E-state index >= 15 is 0 Å². The molecule has 0 aliphatic carbocycles. The van der Waals surface area contributed by atoms with E-state index < -0.39 is 28.5 Å². The Morgan fingerprint density at radius 3 is 2.22 bits per heavy atom. The first-order valence-electron chi connectivity index (χ1n) is 5.02. The van der Waals surface area contributed by atoms with E-state index in [-0.39, 0.29) is 0 Å². The van der Waals surface area contributed by atoms with E-state index in [0.29, 0.717) is 10.9 Å². The first-order chi connectivity index (χ1) is 8.41. The topological polar surface area (TPSA) is 96.6 Å². The van der Waals surface area contributed by atoms with Crippen molar-refractivity contribution in [3.8, 4) is 0 Å². The van der Waals surface area contributed by atoms with Crippen LogP contribution in [0.25, 0.3) is 10.9 Å². The molecule has 92 valence electrons. The number of fused-ring (bicyclic) bond motifs is 1. The van der Waals surface area contributed by atoms with E-state index in [1.54, 1.807) is 23.9 Å². The Kier molecular flexibility index (Phi) is 2.63. The van der Waals surface area contributed by atoms with Crippen molar-refractivity contribution in [1.29, 1.82) is 0 Å². The molecule has 0 aliphatic rings. The minimum Gasteiger partial charge on any atom is -0.478 e. The molecular formula is C12H9NO5. The molecule has 2 rings (SSSR count). The van der Waals surface area contributed by atoms with Gasteiger partial charge in [0, 0.05) is 24.1 Å². The summed E-state index contributed by atoms with van der Waals surface area (Å²) in [6, 6.07) is 3.99. The van der Waals surface area contributed by atoms with E-state index in [1.807, 2.05) is 0 Å². The number of aryl methyl sites for hydroxylation is 1. The summed E-state index contributed by atoms with van der Waals surface area (Å²) in [5.41, 5.74) is -1.61. The van der Waals surface area contributed by atoms with Gasteiger partial charge in [0.2, 0.25) is 5.43 Å². The number of rotatable bonds is 2. The molecule has 0 radical (unpaired) electrons. The number of hydrogen-bond acceptors (Lipinski definition) is 3. The number of carboxylic acids is 2. The Hall–Kier alpha value is -2.63. The van der Waals surface area contributed by atoms with Gasteiger partial charge in [0.05, 0.1) is 0 Å². The van der Waals surface area contributed by atoms with E-state index in [1.165, 1.54) is 12.1 Å². The molecule has 0 saturated carbocycles. The number of carbonyl (C=O) groups is 2. The predicted octanol–water partition coefficient (Wildman–Crippen LogP) is 0.935. The molecule has 0 saturated heterocycles. The molecule has 0 unspecified atom stereocenters. The maximum absolute atomic E-state index is 11.8. The highest BCUT2D eigenvalue weighted by atomic mass is 16.4. The fraction of sp³-hybridized carbons (Fsp3) is 0.0833. The number of hydrogen-bond donors (Lipinski definition) is 2. The molecule has 2 aromatic rings. The Balaban J connectivity index is 3.04. The van der Waals surface area contributed by atoms with Gasteiger partial charge in [-0.1, -0.05) is 0 Å². The van der Waals surface area contributed by atoms with E-state index in [2.05, 4.69) is 0 Å². The fourth-order valence-electron chi connectivity index (χ4n) is 1.75. The van der Waals surface area contributed by atoms with Crippen LogP contribution >= 0.6 is 0 Å². The van der Waals surface area contributed by atoms with Crippen molar-refractivity contribution in [3.63, 3.8) is 0 Å². The molecule has 1 heterocycles. The summed E-state index contributed by atoms with van der Waals surface area (Å²) in [4.78, 5) is 33.8. The van der Waals surface area contributed by atoms with Gasteiger partial charge in [0.15, 0.2) is 0 Å². The Morgan fingerprint density at radius 1 is 1.11 bits per heavy atom. The molecule has 0 atom stereocenters. The third-order valence-corrected chi connectivity index (χ3v) is 2.68. The lowest BCUT2D eigenvalue weighted by molar-refractivity contribution is 0.0695. The fourth-order valence-corrected chi connectivity index (χ4v) is 1.75. The SMILES string of the molecule is Cn1ccc2cc(C(=O)O)c(=O)c(C(=O)O)cc21. The smallest absolute Gasteiger partial charge is 0.339 e. The van der Waals surface area contributed by atoms with E-state index in [4.69, 9.17) is 10.2 Å². The summed E-state index contributed by atoms with van der Waals surface area (Å²) < 4.78 is 1.62. The van der Waals surface area contributed by atoms with Crippen molar-refractivity contribution < 1.29 is 19.8 Å². The zero-order valence-corrected chi connectivity index (χ0v) is 9.38. The molecule has 1 aromatic heterocycles. The van der Waals surface area contributed by atoms with Crippen LogP contribution in [0.2, 0.25) is 0 Å². The minimum atomic E-state index is -1.44. The van der Waals surface area contributed by atoms with Crippen LogP contribution in [0.15, 0.2) is 29.2 Å². The molecule has 6 heteroatoms. The van der Waals surface area contributed by atoms with Crippen molar-refractivity contribution in [2.24, 2.45) is 7.05 Å². The van der Waals surface area contributed by atoms with Crippen LogP contribution in [-0.2, 0) is 7.05 Å². The standard InChI is InChI=1S/C12H9NO5/c1-13-3-2-6-4-7(11(15)16)10(14)8(12(17)18)5-9(6)13/h2-5H,1H3,(H,15,16)(H,17,18). The molecular weight excluding hydrogens is 238 g/mol. The predicted molar refractivity (Wildman–Crippen MR) is 63.1 cm³/mol. The van der Waals surface area contributed by atoms with Crippen molar-refractivity contribution in [1.82, 2.24) is 4.57 Å². The highest BCUT2D eigenvalue weighted by molar-refractivity contribution is 5.98. The van der Waals surface area contributed by atoms with Gasteiger partial charge in [0.25, 0.3) is 0 Å². The molecule has 1 aromatic carbocycles. The summed E-state index contributed by atoms with van der Waals surface area (Å²) >= 11 is 0. The molecule has 2 N–H and O–H groups in total. The lowest BCUT2D eigenvalue weighted by Gasteiger charge is -1.92. The van der Waals surface area contributed by atoms with Gasteiger partial charge in [-0.2, -0.15) is 0 Å². The summed E-state index contributed by atoms with van der Waals surface area (Å²) in [6.45, 7) is 0. The van der Waals surface area contributed by atoms with Gasteiger partial charge >= 0.3 is 11.9 Å². The van der Waals surface area contributed by atoms with Crippen molar-refractivity contribution in [2.45, 2.75) is 0 Å². The molecule has 0 bridgehead atoms. The van der Waals surface area contributed by atoms with Crippen LogP contribution < -0.4 is 5.43 Å². The maximum Gasteiger partial charge on any atom is 0.339 e. The number of carboxylic acid groups (broad SMARTS) is 2.